The number of hydrogen-bond acceptors (Lipinski definition) is 8. The van der Waals surface area contributed by atoms with E-state index in [1.54, 1.807) is 19.1 Å². The molecule has 5 atom stereocenters. The van der Waals surface area contributed by atoms with E-state index in [-0.39, 0.29) is 40.1 Å². The van der Waals surface area contributed by atoms with Crippen LogP contribution >= 0.6 is 15.9 Å². The first-order chi connectivity index (χ1) is 20.6. The molecule has 0 spiro atoms. The number of halogens is 2. The number of aromatic nitrogens is 1. The monoisotopic (exact) mass is 648 g/mol. The predicted molar refractivity (Wildman–Crippen MR) is 158 cm³/mol. The standard InChI is InChI=1S/C33H30BrFN2O6/c1-5-21-24-30(43-36-21)27(37(4)6-2)20-13-17-12-18-23(28(39)22(17)31(40)33(20,3)32(24)41)29(19(14-38)26(35)25(18)34)42-15-16-10-8-7-9-11-16/h5,7-11,14,17,20,22,27H,1,6,12-13,15H2,2-4H3. The van der Waals surface area contributed by atoms with Crippen molar-refractivity contribution < 1.29 is 32.8 Å². The van der Waals surface area contributed by atoms with Gasteiger partial charge in [-0.1, -0.05) is 49.0 Å². The molecule has 3 aliphatic rings. The molecule has 222 valence electrons. The van der Waals surface area contributed by atoms with E-state index in [0.717, 1.165) is 5.56 Å². The van der Waals surface area contributed by atoms with Crippen molar-refractivity contribution in [1.29, 1.82) is 0 Å². The van der Waals surface area contributed by atoms with Gasteiger partial charge in [-0.3, -0.25) is 24.1 Å². The quantitative estimate of drug-likeness (QED) is 0.225. The van der Waals surface area contributed by atoms with Crippen LogP contribution in [0.3, 0.4) is 0 Å². The van der Waals surface area contributed by atoms with Gasteiger partial charge in [0.25, 0.3) is 0 Å². The Kier molecular flexibility index (Phi) is 7.33. The van der Waals surface area contributed by atoms with Crippen molar-refractivity contribution in [3.63, 3.8) is 0 Å². The number of nitrogens with zero attached hydrogens (tertiary/aromatic N) is 2. The molecule has 3 aromatic rings. The van der Waals surface area contributed by atoms with Crippen LogP contribution in [0.15, 0.2) is 45.9 Å². The van der Waals surface area contributed by atoms with E-state index in [4.69, 9.17) is 9.26 Å². The van der Waals surface area contributed by atoms with E-state index in [1.165, 1.54) is 6.08 Å². The second-order valence-corrected chi connectivity index (χ2v) is 12.5. The first-order valence-corrected chi connectivity index (χ1v) is 15.0. The van der Waals surface area contributed by atoms with E-state index >= 15 is 4.39 Å². The number of ether oxygens (including phenoxy) is 1. The van der Waals surface area contributed by atoms with Gasteiger partial charge in [-0.05, 0) is 72.4 Å². The molecule has 8 nitrogen and oxygen atoms in total. The van der Waals surface area contributed by atoms with Crippen molar-refractivity contribution in [1.82, 2.24) is 10.1 Å². The third kappa shape index (κ3) is 4.13. The second-order valence-electron chi connectivity index (χ2n) is 11.7. The van der Waals surface area contributed by atoms with Crippen LogP contribution in [0.25, 0.3) is 6.08 Å². The normalized spacial score (nSPS) is 26.0. The third-order valence-corrected chi connectivity index (χ3v) is 10.5. The van der Waals surface area contributed by atoms with Crippen LogP contribution in [-0.2, 0) is 17.8 Å². The first-order valence-electron chi connectivity index (χ1n) is 14.2. The zero-order valence-corrected chi connectivity index (χ0v) is 25.6. The zero-order valence-electron chi connectivity index (χ0n) is 24.0. The highest BCUT2D eigenvalue weighted by atomic mass is 79.9. The number of carbonyl (C=O) groups is 4. The summed E-state index contributed by atoms with van der Waals surface area (Å²) in [6.07, 6.45) is 2.26. The highest BCUT2D eigenvalue weighted by Crippen LogP contribution is 2.59. The van der Waals surface area contributed by atoms with Gasteiger partial charge >= 0.3 is 0 Å². The van der Waals surface area contributed by atoms with E-state index in [0.29, 0.717) is 30.6 Å². The van der Waals surface area contributed by atoms with Gasteiger partial charge in [-0.15, -0.1) is 0 Å². The molecule has 0 radical (unpaired) electrons. The summed E-state index contributed by atoms with van der Waals surface area (Å²) >= 11 is 3.29. The summed E-state index contributed by atoms with van der Waals surface area (Å²) in [5.41, 5.74) is -0.358. The molecule has 1 saturated carbocycles. The van der Waals surface area contributed by atoms with Gasteiger partial charge in [0, 0.05) is 5.92 Å². The average molecular weight is 650 g/mol. The summed E-state index contributed by atoms with van der Waals surface area (Å²) in [5, 5.41) is 4.07. The van der Waals surface area contributed by atoms with E-state index in [9.17, 15) is 19.2 Å². The van der Waals surface area contributed by atoms with Crippen molar-refractivity contribution in [2.75, 3.05) is 13.6 Å². The summed E-state index contributed by atoms with van der Waals surface area (Å²) in [4.78, 5) is 57.4. The number of aldehydes is 1. The Morgan fingerprint density at radius 1 is 1.23 bits per heavy atom. The lowest BCUT2D eigenvalue weighted by Crippen LogP contribution is -2.60. The van der Waals surface area contributed by atoms with Crippen LogP contribution in [0.1, 0.15) is 80.0 Å². The number of benzene rings is 2. The Balaban J connectivity index is 1.49. The molecule has 5 unspecified atom stereocenters. The summed E-state index contributed by atoms with van der Waals surface area (Å²) < 4.78 is 27.3. The predicted octanol–water partition coefficient (Wildman–Crippen LogP) is 6.07. The highest BCUT2D eigenvalue weighted by molar-refractivity contribution is 9.10. The average Bonchev–Trinajstić information content (AvgIpc) is 3.44. The van der Waals surface area contributed by atoms with Crippen molar-refractivity contribution in [2.24, 2.45) is 23.2 Å². The minimum absolute atomic E-state index is 0.000613. The number of carbonyl (C=O) groups excluding carboxylic acids is 4. The molecule has 1 heterocycles. The van der Waals surface area contributed by atoms with Gasteiger partial charge in [0.2, 0.25) is 0 Å². The fourth-order valence-corrected chi connectivity index (χ4v) is 7.87. The Bertz CT molecular complexity index is 1700. The summed E-state index contributed by atoms with van der Waals surface area (Å²) in [7, 11) is 1.89. The van der Waals surface area contributed by atoms with Gasteiger partial charge < -0.3 is 9.26 Å². The van der Waals surface area contributed by atoms with Gasteiger partial charge in [0.15, 0.2) is 35.2 Å². The molecule has 0 amide bonds. The van der Waals surface area contributed by atoms with Gasteiger partial charge in [-0.2, -0.15) is 0 Å². The lowest BCUT2D eigenvalue weighted by Gasteiger charge is -2.52. The molecule has 0 aliphatic heterocycles. The van der Waals surface area contributed by atoms with Crippen LogP contribution in [0, 0.1) is 29.0 Å². The zero-order chi connectivity index (χ0) is 30.8. The minimum Gasteiger partial charge on any atom is -0.487 e. The minimum atomic E-state index is -1.55. The van der Waals surface area contributed by atoms with E-state index in [2.05, 4.69) is 27.7 Å². The SMILES string of the molecule is C=Cc1noc2c1C(=O)C1(C)C(=O)C3C(=O)c4c(c(Br)c(F)c(C=O)c4OCc4ccccc4)CC3CC1C2N(C)CC. The fourth-order valence-electron chi connectivity index (χ4n) is 7.30. The first kappa shape index (κ1) is 29.3. The van der Waals surface area contributed by atoms with Crippen LogP contribution in [0.2, 0.25) is 0 Å². The van der Waals surface area contributed by atoms with Crippen molar-refractivity contribution in [3.05, 3.63) is 86.5 Å². The number of fused-ring (bicyclic) bond motifs is 4. The highest BCUT2D eigenvalue weighted by Gasteiger charge is 2.65. The molecule has 0 N–H and O–H groups in total. The second kappa shape index (κ2) is 10.7. The Morgan fingerprint density at radius 3 is 2.60 bits per heavy atom. The van der Waals surface area contributed by atoms with Gasteiger partial charge in [-0.25, -0.2) is 4.39 Å². The molecule has 3 aliphatic carbocycles. The Morgan fingerprint density at radius 2 is 1.95 bits per heavy atom. The third-order valence-electron chi connectivity index (χ3n) is 9.63. The van der Waals surface area contributed by atoms with Gasteiger partial charge in [0.1, 0.15) is 18.1 Å². The Labute approximate surface area is 256 Å². The summed E-state index contributed by atoms with van der Waals surface area (Å²) in [5.74, 6) is -4.33. The van der Waals surface area contributed by atoms with Crippen LogP contribution in [0.5, 0.6) is 5.75 Å². The maximum Gasteiger partial charge on any atom is 0.182 e. The molecular weight excluding hydrogens is 619 g/mol. The van der Waals surface area contributed by atoms with E-state index < -0.39 is 57.9 Å². The van der Waals surface area contributed by atoms with E-state index in [1.807, 2.05) is 37.1 Å². The van der Waals surface area contributed by atoms with Crippen molar-refractivity contribution >= 4 is 45.6 Å². The largest absolute Gasteiger partial charge is 0.487 e. The fraction of sp³-hybridized carbons (Fsp3) is 0.364. The summed E-state index contributed by atoms with van der Waals surface area (Å²) in [6.45, 7) is 7.93. The lowest BCUT2D eigenvalue weighted by atomic mass is 9.49. The molecule has 10 heteroatoms. The molecule has 0 saturated heterocycles. The van der Waals surface area contributed by atoms with Crippen LogP contribution in [0.4, 0.5) is 4.39 Å². The molecular formula is C33H30BrFN2O6. The van der Waals surface area contributed by atoms with Crippen LogP contribution < -0.4 is 4.74 Å². The molecule has 1 aromatic heterocycles. The Hall–Kier alpha value is -3.76. The molecule has 1 fully saturated rings. The maximum absolute atomic E-state index is 15.6. The molecule has 43 heavy (non-hydrogen) atoms. The number of rotatable bonds is 7. The lowest BCUT2D eigenvalue weighted by molar-refractivity contribution is -0.140. The topological polar surface area (TPSA) is 107 Å². The van der Waals surface area contributed by atoms with Crippen LogP contribution in [-0.4, -0.2) is 47.3 Å². The number of hydrogen-bond donors (Lipinski definition) is 0. The number of ketones is 3. The number of Topliss-reactive ketones (excluding diaryl/α,β-unsaturated/α-hetero) is 3. The summed E-state index contributed by atoms with van der Waals surface area (Å²) in [6, 6.07) is 8.62. The van der Waals surface area contributed by atoms with Crippen molar-refractivity contribution in [3.8, 4) is 5.75 Å². The smallest absolute Gasteiger partial charge is 0.182 e. The molecule has 0 bridgehead atoms. The molecule has 2 aromatic carbocycles. The van der Waals surface area contributed by atoms with Gasteiger partial charge in [0.05, 0.1) is 38.5 Å². The molecule has 6 rings (SSSR count). The maximum atomic E-state index is 15.6. The van der Waals surface area contributed by atoms with Crippen molar-refractivity contribution in [2.45, 2.75) is 39.3 Å².